The molecule has 0 bridgehead atoms. The van der Waals surface area contributed by atoms with Crippen molar-refractivity contribution in [1.29, 1.82) is 0 Å². The van der Waals surface area contributed by atoms with Crippen LogP contribution in [0.4, 0.5) is 10.1 Å². The molecule has 1 amide bonds. The fourth-order valence-corrected chi connectivity index (χ4v) is 3.14. The average molecular weight is 387 g/mol. The minimum atomic E-state index is -0.309. The zero-order valence-electron chi connectivity index (χ0n) is 15.6. The van der Waals surface area contributed by atoms with Gasteiger partial charge in [-0.15, -0.1) is 0 Å². The second-order valence-corrected chi connectivity index (χ2v) is 6.61. The highest BCUT2D eigenvalue weighted by atomic mass is 19.1. The van der Waals surface area contributed by atoms with Crippen molar-refractivity contribution in [2.24, 2.45) is 0 Å². The minimum Gasteiger partial charge on any atom is -0.507 e. The van der Waals surface area contributed by atoms with E-state index in [9.17, 15) is 14.3 Å². The van der Waals surface area contributed by atoms with Crippen LogP contribution in [0.15, 0.2) is 79.1 Å². The molecule has 0 fully saturated rings. The third kappa shape index (κ3) is 3.87. The van der Waals surface area contributed by atoms with E-state index in [1.165, 1.54) is 19.1 Å². The number of rotatable bonds is 4. The van der Waals surface area contributed by atoms with Crippen LogP contribution in [0.2, 0.25) is 0 Å². The number of carbonyl (C=O) groups is 1. The molecule has 1 aromatic heterocycles. The molecule has 0 aliphatic rings. The van der Waals surface area contributed by atoms with Crippen molar-refractivity contribution in [3.8, 4) is 33.7 Å². The van der Waals surface area contributed by atoms with Gasteiger partial charge in [-0.3, -0.25) is 4.79 Å². The van der Waals surface area contributed by atoms with E-state index < -0.39 is 0 Å². The highest BCUT2D eigenvalue weighted by molar-refractivity contribution is 5.89. The number of amides is 1. The van der Waals surface area contributed by atoms with Crippen LogP contribution in [-0.4, -0.2) is 20.8 Å². The summed E-state index contributed by atoms with van der Waals surface area (Å²) >= 11 is 0. The first-order valence-electron chi connectivity index (χ1n) is 9.02. The van der Waals surface area contributed by atoms with E-state index in [1.807, 2.05) is 30.3 Å². The second kappa shape index (κ2) is 7.59. The summed E-state index contributed by atoms with van der Waals surface area (Å²) in [5.74, 6) is -0.310. The molecule has 5 nitrogen and oxygen atoms in total. The summed E-state index contributed by atoms with van der Waals surface area (Å²) in [6.45, 7) is 1.45. The highest BCUT2D eigenvalue weighted by Crippen LogP contribution is 2.38. The SMILES string of the molecule is CC(=O)Nc1ccc(-c2cccc(-c3cnn(-c4ccc(F)cc4)c3)c2O)cc1. The number of halogens is 1. The summed E-state index contributed by atoms with van der Waals surface area (Å²) in [5, 5.41) is 17.9. The number of para-hydroxylation sites is 1. The van der Waals surface area contributed by atoms with E-state index in [4.69, 9.17) is 0 Å². The Morgan fingerprint density at radius 1 is 0.966 bits per heavy atom. The molecule has 0 saturated carbocycles. The number of hydrogen-bond donors (Lipinski definition) is 2. The molecular formula is C23H18FN3O2. The lowest BCUT2D eigenvalue weighted by Crippen LogP contribution is -2.05. The van der Waals surface area contributed by atoms with Gasteiger partial charge in [0.05, 0.1) is 11.9 Å². The molecule has 144 valence electrons. The molecule has 1 heterocycles. The van der Waals surface area contributed by atoms with Crippen LogP contribution in [0.3, 0.4) is 0 Å². The van der Waals surface area contributed by atoms with E-state index in [-0.39, 0.29) is 17.5 Å². The van der Waals surface area contributed by atoms with Crippen molar-refractivity contribution in [2.45, 2.75) is 6.92 Å². The van der Waals surface area contributed by atoms with E-state index in [2.05, 4.69) is 10.4 Å². The Balaban J connectivity index is 1.67. The van der Waals surface area contributed by atoms with Crippen molar-refractivity contribution in [1.82, 2.24) is 9.78 Å². The first kappa shape index (κ1) is 18.4. The number of nitrogens with one attached hydrogen (secondary N) is 1. The summed E-state index contributed by atoms with van der Waals surface area (Å²) in [5.41, 5.74) is 4.29. The predicted octanol–water partition coefficient (Wildman–Crippen LogP) is 5.01. The minimum absolute atomic E-state index is 0.137. The Hall–Kier alpha value is -3.93. The molecular weight excluding hydrogens is 369 g/mol. The molecule has 0 unspecified atom stereocenters. The van der Waals surface area contributed by atoms with Crippen molar-refractivity contribution >= 4 is 11.6 Å². The Labute approximate surface area is 167 Å². The summed E-state index contributed by atoms with van der Waals surface area (Å²) in [6, 6.07) is 18.8. The summed E-state index contributed by atoms with van der Waals surface area (Å²) in [4.78, 5) is 11.2. The van der Waals surface area contributed by atoms with Crippen molar-refractivity contribution in [3.63, 3.8) is 0 Å². The van der Waals surface area contributed by atoms with E-state index >= 15 is 0 Å². The first-order chi connectivity index (χ1) is 14.0. The fourth-order valence-electron chi connectivity index (χ4n) is 3.14. The monoisotopic (exact) mass is 387 g/mol. The molecule has 29 heavy (non-hydrogen) atoms. The molecule has 0 radical (unpaired) electrons. The topological polar surface area (TPSA) is 67.2 Å². The van der Waals surface area contributed by atoms with Gasteiger partial charge < -0.3 is 10.4 Å². The predicted molar refractivity (Wildman–Crippen MR) is 110 cm³/mol. The molecule has 0 spiro atoms. The molecule has 4 rings (SSSR count). The summed E-state index contributed by atoms with van der Waals surface area (Å²) < 4.78 is 14.8. The number of aromatic nitrogens is 2. The molecule has 4 aromatic rings. The molecule has 6 heteroatoms. The molecule has 0 aliphatic heterocycles. The standard InChI is InChI=1S/C23H18FN3O2/c1-15(28)26-19-9-5-16(6-10-19)21-3-2-4-22(23(21)29)17-13-25-27(14-17)20-11-7-18(24)8-12-20/h2-14,29H,1H3,(H,26,28). The quantitative estimate of drug-likeness (QED) is 0.517. The Morgan fingerprint density at radius 2 is 1.62 bits per heavy atom. The smallest absolute Gasteiger partial charge is 0.221 e. The normalized spacial score (nSPS) is 10.7. The Kier molecular flexibility index (Phi) is 4.83. The van der Waals surface area contributed by atoms with Crippen LogP contribution in [0, 0.1) is 5.82 Å². The van der Waals surface area contributed by atoms with Gasteiger partial charge in [0, 0.05) is 35.5 Å². The van der Waals surface area contributed by atoms with Crippen LogP contribution in [0.5, 0.6) is 5.75 Å². The third-order valence-electron chi connectivity index (χ3n) is 4.54. The number of hydrogen-bond acceptors (Lipinski definition) is 3. The van der Waals surface area contributed by atoms with Gasteiger partial charge in [0.15, 0.2) is 0 Å². The van der Waals surface area contributed by atoms with Gasteiger partial charge >= 0.3 is 0 Å². The van der Waals surface area contributed by atoms with Gasteiger partial charge in [0.1, 0.15) is 11.6 Å². The molecule has 0 aliphatic carbocycles. The maximum atomic E-state index is 13.1. The maximum Gasteiger partial charge on any atom is 0.221 e. The third-order valence-corrected chi connectivity index (χ3v) is 4.54. The largest absolute Gasteiger partial charge is 0.507 e. The first-order valence-corrected chi connectivity index (χ1v) is 9.02. The van der Waals surface area contributed by atoms with Crippen LogP contribution in [0.1, 0.15) is 6.92 Å². The lowest BCUT2D eigenvalue weighted by molar-refractivity contribution is -0.114. The van der Waals surface area contributed by atoms with E-state index in [0.717, 1.165) is 16.8 Å². The lowest BCUT2D eigenvalue weighted by atomic mass is 9.99. The van der Waals surface area contributed by atoms with Gasteiger partial charge in [0.25, 0.3) is 0 Å². The van der Waals surface area contributed by atoms with Crippen molar-refractivity contribution in [3.05, 3.63) is 84.9 Å². The number of anilines is 1. The molecule has 2 N–H and O–H groups in total. The Bertz CT molecular complexity index is 1170. The Morgan fingerprint density at radius 3 is 2.28 bits per heavy atom. The number of phenolic OH excluding ortho intramolecular Hbond substituents is 1. The summed E-state index contributed by atoms with van der Waals surface area (Å²) in [6.07, 6.45) is 3.44. The van der Waals surface area contributed by atoms with Gasteiger partial charge in [-0.05, 0) is 42.0 Å². The maximum absolute atomic E-state index is 13.1. The summed E-state index contributed by atoms with van der Waals surface area (Å²) in [7, 11) is 0. The number of benzene rings is 3. The number of carbonyl (C=O) groups excluding carboxylic acids is 1. The second-order valence-electron chi connectivity index (χ2n) is 6.61. The lowest BCUT2D eigenvalue weighted by Gasteiger charge is -2.10. The molecule has 3 aromatic carbocycles. The van der Waals surface area contributed by atoms with Crippen LogP contribution < -0.4 is 5.32 Å². The zero-order valence-corrected chi connectivity index (χ0v) is 15.6. The highest BCUT2D eigenvalue weighted by Gasteiger charge is 2.13. The van der Waals surface area contributed by atoms with Crippen LogP contribution in [0.25, 0.3) is 27.9 Å². The average Bonchev–Trinajstić information content (AvgIpc) is 3.19. The zero-order chi connectivity index (χ0) is 20.4. The number of phenols is 1. The van der Waals surface area contributed by atoms with Crippen LogP contribution >= 0.6 is 0 Å². The van der Waals surface area contributed by atoms with Crippen molar-refractivity contribution < 1.29 is 14.3 Å². The number of nitrogens with zero attached hydrogens (tertiary/aromatic N) is 2. The fraction of sp³-hybridized carbons (Fsp3) is 0.0435. The molecule has 0 saturated heterocycles. The van der Waals surface area contributed by atoms with E-state index in [1.54, 1.807) is 41.3 Å². The molecule has 0 atom stereocenters. The van der Waals surface area contributed by atoms with Crippen LogP contribution in [-0.2, 0) is 4.79 Å². The van der Waals surface area contributed by atoms with Gasteiger partial charge in [-0.1, -0.05) is 30.3 Å². The number of aromatic hydroxyl groups is 1. The van der Waals surface area contributed by atoms with Gasteiger partial charge in [-0.25, -0.2) is 9.07 Å². The van der Waals surface area contributed by atoms with Crippen molar-refractivity contribution in [2.75, 3.05) is 5.32 Å². The van der Waals surface area contributed by atoms with E-state index in [0.29, 0.717) is 16.8 Å². The van der Waals surface area contributed by atoms with Gasteiger partial charge in [0.2, 0.25) is 5.91 Å². The van der Waals surface area contributed by atoms with Gasteiger partial charge in [-0.2, -0.15) is 5.10 Å².